The minimum atomic E-state index is 0.926. The lowest BCUT2D eigenvalue weighted by atomic mass is 9.83. The average molecular weight is 609 g/mol. The van der Waals surface area contributed by atoms with Crippen molar-refractivity contribution in [2.45, 2.75) is 0 Å². The molecule has 8 aromatic carbocycles. The number of hydrogen-bond donors (Lipinski definition) is 0. The predicted molar refractivity (Wildman–Crippen MR) is 203 cm³/mol. The summed E-state index contributed by atoms with van der Waals surface area (Å²) in [5, 5.41) is 12.1. The van der Waals surface area contributed by atoms with Crippen LogP contribution >= 0.6 is 0 Å². The van der Waals surface area contributed by atoms with E-state index in [0.29, 0.717) is 0 Å². The molecule has 0 fully saturated rings. The SMILES string of the molecule is c1ccc2cc(-c3c4ccccc4c(-c4cccc5ccccc45)c4ccc(-c5cc6cccnc6c6ncccc56)cc34)ccc2c1. The molecule has 0 N–H and O–H groups in total. The fourth-order valence-electron chi connectivity index (χ4n) is 7.75. The normalized spacial score (nSPS) is 11.8. The lowest BCUT2D eigenvalue weighted by Gasteiger charge is -2.20. The molecule has 0 aliphatic carbocycles. The van der Waals surface area contributed by atoms with E-state index in [0.717, 1.165) is 32.9 Å². The summed E-state index contributed by atoms with van der Waals surface area (Å²) < 4.78 is 0. The lowest BCUT2D eigenvalue weighted by Crippen LogP contribution is -1.93. The van der Waals surface area contributed by atoms with Gasteiger partial charge in [0.2, 0.25) is 0 Å². The first-order valence-corrected chi connectivity index (χ1v) is 16.4. The highest BCUT2D eigenvalue weighted by Gasteiger charge is 2.20. The molecule has 0 unspecified atom stereocenters. The molecule has 0 aliphatic rings. The van der Waals surface area contributed by atoms with E-state index in [9.17, 15) is 0 Å². The summed E-state index contributed by atoms with van der Waals surface area (Å²) in [7, 11) is 0. The van der Waals surface area contributed by atoms with Crippen LogP contribution in [0.1, 0.15) is 0 Å². The van der Waals surface area contributed by atoms with Crippen LogP contribution in [0.3, 0.4) is 0 Å². The van der Waals surface area contributed by atoms with Crippen LogP contribution in [0.5, 0.6) is 0 Å². The zero-order valence-electron chi connectivity index (χ0n) is 26.1. The van der Waals surface area contributed by atoms with Gasteiger partial charge < -0.3 is 0 Å². The first-order chi connectivity index (χ1) is 23.8. The molecule has 0 amide bonds. The summed E-state index contributed by atoms with van der Waals surface area (Å²) in [4.78, 5) is 9.53. The van der Waals surface area contributed by atoms with Gasteiger partial charge in [0.05, 0.1) is 11.0 Å². The third-order valence-corrected chi connectivity index (χ3v) is 9.89. The van der Waals surface area contributed by atoms with Gasteiger partial charge in [-0.2, -0.15) is 0 Å². The first-order valence-electron chi connectivity index (χ1n) is 16.4. The van der Waals surface area contributed by atoms with E-state index in [4.69, 9.17) is 9.97 Å². The number of hydrogen-bond acceptors (Lipinski definition) is 2. The van der Waals surface area contributed by atoms with Gasteiger partial charge in [-0.3, -0.25) is 9.97 Å². The Morgan fingerprint density at radius 1 is 0.292 bits per heavy atom. The molecule has 0 saturated heterocycles. The van der Waals surface area contributed by atoms with Crippen LogP contribution in [-0.4, -0.2) is 9.97 Å². The van der Waals surface area contributed by atoms with Crippen LogP contribution in [0.25, 0.3) is 98.3 Å². The molecule has 0 spiro atoms. The molecule has 2 aromatic heterocycles. The third-order valence-electron chi connectivity index (χ3n) is 9.89. The zero-order valence-corrected chi connectivity index (χ0v) is 26.1. The van der Waals surface area contributed by atoms with Crippen molar-refractivity contribution in [2.75, 3.05) is 0 Å². The Balaban J connectivity index is 1.37. The Morgan fingerprint density at radius 2 is 0.917 bits per heavy atom. The Bertz CT molecular complexity index is 2900. The summed E-state index contributed by atoms with van der Waals surface area (Å²) in [6, 6.07) is 57.5. The molecule has 2 nitrogen and oxygen atoms in total. The van der Waals surface area contributed by atoms with Gasteiger partial charge in [-0.15, -0.1) is 0 Å². The van der Waals surface area contributed by atoms with Crippen molar-refractivity contribution in [1.82, 2.24) is 9.97 Å². The topological polar surface area (TPSA) is 25.8 Å². The molecule has 48 heavy (non-hydrogen) atoms. The van der Waals surface area contributed by atoms with Crippen molar-refractivity contribution in [3.8, 4) is 33.4 Å². The number of nitrogens with zero attached hydrogens (tertiary/aromatic N) is 2. The summed E-state index contributed by atoms with van der Waals surface area (Å²) in [5.41, 5.74) is 9.15. The number of aromatic nitrogens is 2. The zero-order chi connectivity index (χ0) is 31.6. The van der Waals surface area contributed by atoms with Crippen molar-refractivity contribution in [2.24, 2.45) is 0 Å². The molecule has 10 aromatic rings. The van der Waals surface area contributed by atoms with E-state index in [-0.39, 0.29) is 0 Å². The minimum absolute atomic E-state index is 0.926. The van der Waals surface area contributed by atoms with Crippen LogP contribution in [0.2, 0.25) is 0 Å². The maximum Gasteiger partial charge on any atom is 0.0970 e. The molecule has 10 rings (SSSR count). The van der Waals surface area contributed by atoms with Gasteiger partial charge in [0.1, 0.15) is 0 Å². The molecule has 2 heterocycles. The molecule has 0 radical (unpaired) electrons. The van der Waals surface area contributed by atoms with Crippen LogP contribution in [0.4, 0.5) is 0 Å². The number of pyridine rings is 2. The van der Waals surface area contributed by atoms with Gasteiger partial charge in [-0.05, 0) is 107 Å². The number of benzene rings is 8. The molecular formula is C46H28N2. The molecular weight excluding hydrogens is 581 g/mol. The number of rotatable bonds is 3. The van der Waals surface area contributed by atoms with Gasteiger partial charge in [-0.25, -0.2) is 0 Å². The summed E-state index contributed by atoms with van der Waals surface area (Å²) in [6.45, 7) is 0. The van der Waals surface area contributed by atoms with E-state index in [1.54, 1.807) is 0 Å². The predicted octanol–water partition coefficient (Wildman–Crippen LogP) is 12.4. The van der Waals surface area contributed by atoms with Crippen molar-refractivity contribution in [3.05, 3.63) is 170 Å². The minimum Gasteiger partial charge on any atom is -0.254 e. The highest BCUT2D eigenvalue weighted by atomic mass is 14.7. The second kappa shape index (κ2) is 10.6. The second-order valence-corrected chi connectivity index (χ2v) is 12.5. The summed E-state index contributed by atoms with van der Waals surface area (Å²) in [6.07, 6.45) is 3.71. The molecule has 222 valence electrons. The van der Waals surface area contributed by atoms with Gasteiger partial charge in [0.25, 0.3) is 0 Å². The lowest BCUT2D eigenvalue weighted by molar-refractivity contribution is 1.37. The molecule has 0 saturated carbocycles. The van der Waals surface area contributed by atoms with E-state index < -0.39 is 0 Å². The van der Waals surface area contributed by atoms with E-state index in [2.05, 4.69) is 146 Å². The van der Waals surface area contributed by atoms with Gasteiger partial charge in [0, 0.05) is 23.2 Å². The summed E-state index contributed by atoms with van der Waals surface area (Å²) in [5.74, 6) is 0. The average Bonchev–Trinajstić information content (AvgIpc) is 3.16. The first kappa shape index (κ1) is 26.8. The molecule has 0 bridgehead atoms. The maximum atomic E-state index is 4.81. The standard InChI is InChI=1S/C46H28N2/c1-2-12-31-26-33(21-20-29(31)10-1)43-37-16-5-6-17-38(37)44(36-18-7-13-30-11-3-4-15-35(30)36)39-23-22-32(27-42(39)43)41-28-34-14-8-24-47-45(34)46-40(41)19-9-25-48-46/h1-28H. The van der Waals surface area contributed by atoms with Crippen LogP contribution < -0.4 is 0 Å². The van der Waals surface area contributed by atoms with Crippen LogP contribution in [-0.2, 0) is 0 Å². The second-order valence-electron chi connectivity index (χ2n) is 12.5. The van der Waals surface area contributed by atoms with Crippen LogP contribution in [0.15, 0.2) is 170 Å². The van der Waals surface area contributed by atoms with Crippen LogP contribution in [0, 0.1) is 0 Å². The Labute approximate surface area is 277 Å². The smallest absolute Gasteiger partial charge is 0.0970 e. The van der Waals surface area contributed by atoms with Crippen molar-refractivity contribution in [3.63, 3.8) is 0 Å². The Hall–Kier alpha value is -6.38. The number of fused-ring (bicyclic) bond motifs is 7. The fraction of sp³-hybridized carbons (Fsp3) is 0. The Kier molecular flexibility index (Phi) is 5.91. The van der Waals surface area contributed by atoms with Crippen molar-refractivity contribution >= 4 is 64.9 Å². The molecule has 0 atom stereocenters. The highest BCUT2D eigenvalue weighted by molar-refractivity contribution is 6.24. The molecule has 2 heteroatoms. The maximum absolute atomic E-state index is 4.81. The third kappa shape index (κ3) is 4.06. The largest absolute Gasteiger partial charge is 0.254 e. The summed E-state index contributed by atoms with van der Waals surface area (Å²) >= 11 is 0. The van der Waals surface area contributed by atoms with E-state index in [1.807, 2.05) is 24.5 Å². The fourth-order valence-corrected chi connectivity index (χ4v) is 7.75. The highest BCUT2D eigenvalue weighted by Crippen LogP contribution is 2.47. The van der Waals surface area contributed by atoms with Crippen molar-refractivity contribution < 1.29 is 0 Å². The Morgan fingerprint density at radius 3 is 1.79 bits per heavy atom. The molecule has 0 aliphatic heterocycles. The van der Waals surface area contributed by atoms with E-state index >= 15 is 0 Å². The van der Waals surface area contributed by atoms with Gasteiger partial charge in [-0.1, -0.05) is 127 Å². The van der Waals surface area contributed by atoms with Gasteiger partial charge >= 0.3 is 0 Å². The monoisotopic (exact) mass is 608 g/mol. The quantitative estimate of drug-likeness (QED) is 0.147. The van der Waals surface area contributed by atoms with E-state index in [1.165, 1.54) is 65.3 Å². The van der Waals surface area contributed by atoms with Crippen molar-refractivity contribution in [1.29, 1.82) is 0 Å². The van der Waals surface area contributed by atoms with Gasteiger partial charge in [0.15, 0.2) is 0 Å².